The van der Waals surface area contributed by atoms with Crippen LogP contribution in [0.5, 0.6) is 5.75 Å². The molecule has 25 heavy (non-hydrogen) atoms. The highest BCUT2D eigenvalue weighted by atomic mass is 16.5. The molecule has 2 atom stereocenters. The van der Waals surface area contributed by atoms with E-state index >= 15 is 0 Å². The molecule has 1 aliphatic heterocycles. The van der Waals surface area contributed by atoms with E-state index in [0.29, 0.717) is 24.3 Å². The highest BCUT2D eigenvalue weighted by Crippen LogP contribution is 2.25. The first-order valence-corrected chi connectivity index (χ1v) is 8.24. The Hall–Kier alpha value is -2.89. The van der Waals surface area contributed by atoms with Crippen molar-refractivity contribution in [1.29, 1.82) is 0 Å². The van der Waals surface area contributed by atoms with E-state index in [0.717, 1.165) is 5.56 Å². The van der Waals surface area contributed by atoms with Crippen LogP contribution in [0.2, 0.25) is 0 Å². The van der Waals surface area contributed by atoms with Crippen molar-refractivity contribution in [3.63, 3.8) is 0 Å². The fraction of sp³-hybridized carbons (Fsp3) is 0.316. The molecular weight excluding hydrogens is 318 g/mol. The van der Waals surface area contributed by atoms with Crippen LogP contribution in [0.25, 0.3) is 0 Å². The van der Waals surface area contributed by atoms with Gasteiger partial charge in [0.05, 0.1) is 12.7 Å². The second-order valence-corrected chi connectivity index (χ2v) is 6.12. The van der Waals surface area contributed by atoms with Crippen LogP contribution in [0.4, 0.5) is 0 Å². The number of ether oxygens (including phenoxy) is 1. The van der Waals surface area contributed by atoms with E-state index in [1.165, 1.54) is 0 Å². The van der Waals surface area contributed by atoms with Gasteiger partial charge in [-0.3, -0.25) is 14.6 Å². The Morgan fingerprint density at radius 1 is 1.28 bits per heavy atom. The summed E-state index contributed by atoms with van der Waals surface area (Å²) in [7, 11) is 1.58. The first-order chi connectivity index (χ1) is 12.1. The van der Waals surface area contributed by atoms with Crippen LogP contribution >= 0.6 is 0 Å². The molecular formula is C19H21N3O3. The van der Waals surface area contributed by atoms with Crippen molar-refractivity contribution in [1.82, 2.24) is 15.2 Å². The van der Waals surface area contributed by atoms with Crippen molar-refractivity contribution in [3.05, 3.63) is 59.9 Å². The normalized spacial score (nSPS) is 19.5. The van der Waals surface area contributed by atoms with Gasteiger partial charge in [-0.25, -0.2) is 0 Å². The summed E-state index contributed by atoms with van der Waals surface area (Å²) in [5.74, 6) is 0.292. The summed E-state index contributed by atoms with van der Waals surface area (Å²) in [6.07, 6.45) is 3.49. The molecule has 1 fully saturated rings. The monoisotopic (exact) mass is 339 g/mol. The summed E-state index contributed by atoms with van der Waals surface area (Å²) < 4.78 is 5.90. The average molecular weight is 339 g/mol. The molecule has 2 heterocycles. The van der Waals surface area contributed by atoms with Gasteiger partial charge < -0.3 is 15.0 Å². The molecule has 6 heteroatoms. The number of benzene rings is 1. The number of amides is 2. The van der Waals surface area contributed by atoms with Gasteiger partial charge in [0.1, 0.15) is 17.9 Å². The minimum atomic E-state index is -0.542. The lowest BCUT2D eigenvalue weighted by molar-refractivity contribution is -0.124. The van der Waals surface area contributed by atoms with Gasteiger partial charge in [-0.2, -0.15) is 0 Å². The first-order valence-electron chi connectivity index (χ1n) is 8.24. The van der Waals surface area contributed by atoms with Crippen LogP contribution in [-0.2, 0) is 4.79 Å². The molecule has 1 aromatic heterocycles. The molecule has 0 aliphatic carbocycles. The third-order valence-corrected chi connectivity index (χ3v) is 4.27. The zero-order chi connectivity index (χ0) is 17.8. The lowest BCUT2D eigenvalue weighted by atomic mass is 10.1. The van der Waals surface area contributed by atoms with Gasteiger partial charge in [0.2, 0.25) is 5.91 Å². The van der Waals surface area contributed by atoms with Crippen molar-refractivity contribution >= 4 is 11.8 Å². The largest absolute Gasteiger partial charge is 0.487 e. The maximum atomic E-state index is 12.9. The van der Waals surface area contributed by atoms with E-state index in [9.17, 15) is 9.59 Å². The number of nitrogens with zero attached hydrogens (tertiary/aromatic N) is 2. The summed E-state index contributed by atoms with van der Waals surface area (Å²) in [6, 6.07) is 10.4. The molecule has 2 aromatic rings. The molecule has 6 nitrogen and oxygen atoms in total. The van der Waals surface area contributed by atoms with Gasteiger partial charge in [-0.1, -0.05) is 17.7 Å². The van der Waals surface area contributed by atoms with Crippen molar-refractivity contribution in [2.75, 3.05) is 13.6 Å². The Bertz CT molecular complexity index is 764. The average Bonchev–Trinajstić information content (AvgIpc) is 3.05. The second-order valence-electron chi connectivity index (χ2n) is 6.12. The number of nitrogens with one attached hydrogen (secondary N) is 1. The Labute approximate surface area is 146 Å². The summed E-state index contributed by atoms with van der Waals surface area (Å²) in [5.41, 5.74) is 1.58. The molecule has 3 rings (SSSR count). The number of aryl methyl sites for hydroxylation is 1. The van der Waals surface area contributed by atoms with Gasteiger partial charge in [0.25, 0.3) is 5.91 Å². The molecule has 0 bridgehead atoms. The number of likely N-dealkylation sites (tertiary alicyclic amines) is 1. The molecule has 0 radical (unpaired) electrons. The number of pyridine rings is 1. The third kappa shape index (κ3) is 3.79. The zero-order valence-electron chi connectivity index (χ0n) is 14.3. The quantitative estimate of drug-likeness (QED) is 0.922. The molecule has 1 aromatic carbocycles. The number of hydrogen-bond donors (Lipinski definition) is 1. The highest BCUT2D eigenvalue weighted by molar-refractivity contribution is 5.98. The van der Waals surface area contributed by atoms with Crippen LogP contribution in [0.15, 0.2) is 48.8 Å². The van der Waals surface area contributed by atoms with E-state index in [1.807, 2.05) is 31.2 Å². The summed E-state index contributed by atoms with van der Waals surface area (Å²) in [4.78, 5) is 30.8. The molecule has 1 aliphatic rings. The number of carbonyl (C=O) groups is 2. The first kappa shape index (κ1) is 17.0. The SMILES string of the molecule is CNC(=O)[C@@H]1C[C@H](Oc2cccnc2)CN1C(=O)c1cccc(C)c1. The fourth-order valence-corrected chi connectivity index (χ4v) is 3.08. The number of carbonyl (C=O) groups excluding carboxylic acids is 2. The number of hydrogen-bond acceptors (Lipinski definition) is 4. The molecule has 0 spiro atoms. The van der Waals surface area contributed by atoms with E-state index in [1.54, 1.807) is 36.5 Å². The van der Waals surface area contributed by atoms with Crippen molar-refractivity contribution in [2.45, 2.75) is 25.5 Å². The topological polar surface area (TPSA) is 71.5 Å². The molecule has 1 N–H and O–H groups in total. The maximum absolute atomic E-state index is 12.9. The van der Waals surface area contributed by atoms with Gasteiger partial charge in [0, 0.05) is 25.2 Å². The van der Waals surface area contributed by atoms with Crippen LogP contribution in [0.1, 0.15) is 22.3 Å². The molecule has 1 saturated heterocycles. The van der Waals surface area contributed by atoms with E-state index in [4.69, 9.17) is 4.74 Å². The van der Waals surface area contributed by atoms with Gasteiger partial charge in [0.15, 0.2) is 0 Å². The third-order valence-electron chi connectivity index (χ3n) is 4.27. The maximum Gasteiger partial charge on any atom is 0.254 e. The molecule has 130 valence electrons. The van der Waals surface area contributed by atoms with Crippen LogP contribution in [-0.4, -0.2) is 47.4 Å². The summed E-state index contributed by atoms with van der Waals surface area (Å²) in [6.45, 7) is 2.30. The predicted molar refractivity (Wildman–Crippen MR) is 93.3 cm³/mol. The Morgan fingerprint density at radius 3 is 2.80 bits per heavy atom. The minimum Gasteiger partial charge on any atom is -0.487 e. The van der Waals surface area contributed by atoms with Crippen LogP contribution in [0.3, 0.4) is 0 Å². The van der Waals surface area contributed by atoms with Crippen molar-refractivity contribution in [2.24, 2.45) is 0 Å². The lowest BCUT2D eigenvalue weighted by Crippen LogP contribution is -2.45. The Balaban J connectivity index is 1.80. The number of aromatic nitrogens is 1. The molecule has 0 unspecified atom stereocenters. The molecule has 0 saturated carbocycles. The predicted octanol–water partition coefficient (Wildman–Crippen LogP) is 1.80. The number of rotatable bonds is 4. The standard InChI is InChI=1S/C19H21N3O3/c1-13-5-3-6-14(9-13)19(24)22-12-16(10-17(22)18(23)20-2)25-15-7-4-8-21-11-15/h3-9,11,16-17H,10,12H2,1-2H3,(H,20,23)/t16-,17-/m0/s1. The fourth-order valence-electron chi connectivity index (χ4n) is 3.08. The zero-order valence-corrected chi connectivity index (χ0v) is 14.3. The number of likely N-dealkylation sites (N-methyl/N-ethyl adjacent to an activating group) is 1. The Kier molecular flexibility index (Phi) is 4.97. The smallest absolute Gasteiger partial charge is 0.254 e. The highest BCUT2D eigenvalue weighted by Gasteiger charge is 2.40. The van der Waals surface area contributed by atoms with Crippen LogP contribution in [0, 0.1) is 6.92 Å². The van der Waals surface area contributed by atoms with E-state index in [-0.39, 0.29) is 17.9 Å². The van der Waals surface area contributed by atoms with Gasteiger partial charge >= 0.3 is 0 Å². The lowest BCUT2D eigenvalue weighted by Gasteiger charge is -2.23. The van der Waals surface area contributed by atoms with Crippen LogP contribution < -0.4 is 10.1 Å². The van der Waals surface area contributed by atoms with Crippen molar-refractivity contribution < 1.29 is 14.3 Å². The molecule has 2 amide bonds. The Morgan fingerprint density at radius 2 is 2.12 bits per heavy atom. The minimum absolute atomic E-state index is 0.158. The summed E-state index contributed by atoms with van der Waals surface area (Å²) >= 11 is 0. The summed E-state index contributed by atoms with van der Waals surface area (Å²) in [5, 5.41) is 2.64. The van der Waals surface area contributed by atoms with Crippen molar-refractivity contribution in [3.8, 4) is 5.75 Å². The van der Waals surface area contributed by atoms with Gasteiger partial charge in [-0.05, 0) is 31.2 Å². The van der Waals surface area contributed by atoms with Gasteiger partial charge in [-0.15, -0.1) is 0 Å². The van der Waals surface area contributed by atoms with E-state index in [2.05, 4.69) is 10.3 Å². The second kappa shape index (κ2) is 7.34. The van der Waals surface area contributed by atoms with E-state index < -0.39 is 6.04 Å².